The summed E-state index contributed by atoms with van der Waals surface area (Å²) < 4.78 is 7.78. The Morgan fingerprint density at radius 1 is 1.40 bits per heavy atom. The molecule has 102 valence electrons. The third-order valence-corrected chi connectivity index (χ3v) is 3.92. The SMILES string of the molecule is O=C(O)c1cn(Cc2nnc(-c3ccc(Br)s3)o2)nn1. The number of aromatic carboxylic acids is 1. The normalized spacial score (nSPS) is 10.8. The molecule has 0 radical (unpaired) electrons. The molecule has 3 heterocycles. The minimum absolute atomic E-state index is 0.132. The second-order valence-corrected chi connectivity index (χ2v) is 6.17. The van der Waals surface area contributed by atoms with E-state index in [1.54, 1.807) is 0 Å². The largest absolute Gasteiger partial charge is 0.476 e. The molecule has 0 bridgehead atoms. The fourth-order valence-electron chi connectivity index (χ4n) is 1.46. The minimum atomic E-state index is -1.13. The van der Waals surface area contributed by atoms with Gasteiger partial charge in [0.1, 0.15) is 6.54 Å². The molecule has 0 aliphatic heterocycles. The fourth-order valence-corrected chi connectivity index (χ4v) is 2.77. The van der Waals surface area contributed by atoms with Gasteiger partial charge in [0.15, 0.2) is 5.69 Å². The third kappa shape index (κ3) is 2.60. The molecule has 3 rings (SSSR count). The van der Waals surface area contributed by atoms with Gasteiger partial charge in [-0.25, -0.2) is 9.48 Å². The van der Waals surface area contributed by atoms with E-state index in [-0.39, 0.29) is 12.2 Å². The zero-order valence-corrected chi connectivity index (χ0v) is 12.1. The molecule has 0 fully saturated rings. The lowest BCUT2D eigenvalue weighted by Crippen LogP contribution is -2.00. The van der Waals surface area contributed by atoms with Gasteiger partial charge >= 0.3 is 5.97 Å². The maximum atomic E-state index is 10.7. The predicted octanol–water partition coefficient (Wildman–Crippen LogP) is 1.90. The average molecular weight is 356 g/mol. The van der Waals surface area contributed by atoms with Crippen molar-refractivity contribution in [3.63, 3.8) is 0 Å². The number of nitrogens with zero attached hydrogens (tertiary/aromatic N) is 5. The first kappa shape index (κ1) is 12.9. The van der Waals surface area contributed by atoms with Gasteiger partial charge in [0.05, 0.1) is 14.9 Å². The molecule has 0 saturated heterocycles. The number of halogens is 1. The van der Waals surface area contributed by atoms with Crippen LogP contribution in [0.5, 0.6) is 0 Å². The quantitative estimate of drug-likeness (QED) is 0.761. The zero-order valence-electron chi connectivity index (χ0n) is 9.73. The smallest absolute Gasteiger partial charge is 0.358 e. The highest BCUT2D eigenvalue weighted by Crippen LogP contribution is 2.30. The lowest BCUT2D eigenvalue weighted by atomic mass is 10.5. The van der Waals surface area contributed by atoms with Crippen molar-refractivity contribution < 1.29 is 14.3 Å². The number of carbonyl (C=O) groups is 1. The first-order valence-corrected chi connectivity index (χ1v) is 6.94. The first-order valence-electron chi connectivity index (χ1n) is 5.33. The number of carboxylic acid groups (broad SMARTS) is 1. The number of hydrogen-bond donors (Lipinski definition) is 1. The van der Waals surface area contributed by atoms with Gasteiger partial charge in [0.2, 0.25) is 5.89 Å². The van der Waals surface area contributed by atoms with Crippen molar-refractivity contribution in [3.05, 3.63) is 33.7 Å². The molecule has 0 aromatic carbocycles. The van der Waals surface area contributed by atoms with Gasteiger partial charge in [-0.2, -0.15) is 0 Å². The van der Waals surface area contributed by atoms with Crippen LogP contribution in [0, 0.1) is 0 Å². The van der Waals surface area contributed by atoms with Crippen molar-refractivity contribution in [2.24, 2.45) is 0 Å². The molecule has 0 unspecified atom stereocenters. The summed E-state index contributed by atoms with van der Waals surface area (Å²) >= 11 is 4.83. The van der Waals surface area contributed by atoms with Crippen LogP contribution < -0.4 is 0 Å². The van der Waals surface area contributed by atoms with Gasteiger partial charge in [-0.15, -0.1) is 26.6 Å². The standard InChI is InChI=1S/C10H6BrN5O3S/c11-7-2-1-6(20-7)9-14-13-8(19-9)4-16-3-5(10(17)18)12-15-16/h1-3H,4H2,(H,17,18). The van der Waals surface area contributed by atoms with Crippen molar-refractivity contribution in [3.8, 4) is 10.8 Å². The van der Waals surface area contributed by atoms with Crippen molar-refractivity contribution in [2.75, 3.05) is 0 Å². The molecule has 0 aliphatic carbocycles. The lowest BCUT2D eigenvalue weighted by molar-refractivity contribution is 0.0690. The van der Waals surface area contributed by atoms with Crippen LogP contribution in [0.3, 0.4) is 0 Å². The van der Waals surface area contributed by atoms with E-state index in [2.05, 4.69) is 36.4 Å². The summed E-state index contributed by atoms with van der Waals surface area (Å²) in [6.45, 7) is 0.166. The Morgan fingerprint density at radius 3 is 2.90 bits per heavy atom. The highest BCUT2D eigenvalue weighted by atomic mass is 79.9. The number of aromatic nitrogens is 5. The van der Waals surface area contributed by atoms with Gasteiger partial charge < -0.3 is 9.52 Å². The van der Waals surface area contributed by atoms with Gasteiger partial charge in [-0.05, 0) is 28.1 Å². The maximum absolute atomic E-state index is 10.7. The summed E-state index contributed by atoms with van der Waals surface area (Å²) in [5.41, 5.74) is -0.132. The summed E-state index contributed by atoms with van der Waals surface area (Å²) in [7, 11) is 0. The first-order chi connectivity index (χ1) is 9.61. The van der Waals surface area contributed by atoms with Gasteiger partial charge in [-0.3, -0.25) is 0 Å². The van der Waals surface area contributed by atoms with E-state index in [0.717, 1.165) is 8.66 Å². The molecular weight excluding hydrogens is 350 g/mol. The average Bonchev–Trinajstić information content (AvgIpc) is 3.09. The van der Waals surface area contributed by atoms with Gasteiger partial charge in [0.25, 0.3) is 5.89 Å². The van der Waals surface area contributed by atoms with Crippen LogP contribution in [-0.2, 0) is 6.54 Å². The van der Waals surface area contributed by atoms with Crippen molar-refractivity contribution in [1.82, 2.24) is 25.2 Å². The van der Waals surface area contributed by atoms with Crippen LogP contribution in [0.25, 0.3) is 10.8 Å². The molecule has 0 amide bonds. The van der Waals surface area contributed by atoms with Gasteiger partial charge in [-0.1, -0.05) is 5.21 Å². The number of rotatable bonds is 4. The van der Waals surface area contributed by atoms with Crippen LogP contribution in [0.2, 0.25) is 0 Å². The maximum Gasteiger partial charge on any atom is 0.358 e. The highest BCUT2D eigenvalue weighted by Gasteiger charge is 2.13. The van der Waals surface area contributed by atoms with Crippen LogP contribution in [0.1, 0.15) is 16.4 Å². The van der Waals surface area contributed by atoms with Crippen molar-refractivity contribution >= 4 is 33.2 Å². The number of thiophene rings is 1. The topological polar surface area (TPSA) is 107 Å². The zero-order chi connectivity index (χ0) is 14.1. The van der Waals surface area contributed by atoms with Crippen LogP contribution in [0.4, 0.5) is 0 Å². The van der Waals surface area contributed by atoms with Crippen LogP contribution >= 0.6 is 27.3 Å². The molecule has 0 spiro atoms. The van der Waals surface area contributed by atoms with E-state index in [1.807, 2.05) is 12.1 Å². The van der Waals surface area contributed by atoms with E-state index < -0.39 is 5.97 Å². The molecule has 8 nitrogen and oxygen atoms in total. The van der Waals surface area contributed by atoms with E-state index in [4.69, 9.17) is 9.52 Å². The number of carboxylic acids is 1. The monoisotopic (exact) mass is 355 g/mol. The van der Waals surface area contributed by atoms with Crippen molar-refractivity contribution in [1.29, 1.82) is 0 Å². The molecular formula is C10H6BrN5O3S. The molecule has 10 heteroatoms. The molecule has 0 aliphatic rings. The fraction of sp³-hybridized carbons (Fsp3) is 0.100. The van der Waals surface area contributed by atoms with E-state index >= 15 is 0 Å². The summed E-state index contributed by atoms with van der Waals surface area (Å²) in [4.78, 5) is 11.5. The molecule has 0 saturated carbocycles. The molecule has 20 heavy (non-hydrogen) atoms. The number of hydrogen-bond acceptors (Lipinski definition) is 7. The van der Waals surface area contributed by atoms with E-state index in [9.17, 15) is 4.79 Å². The van der Waals surface area contributed by atoms with E-state index in [0.29, 0.717) is 11.8 Å². The summed E-state index contributed by atoms with van der Waals surface area (Å²) in [6.07, 6.45) is 1.30. The van der Waals surface area contributed by atoms with Crippen LogP contribution in [0.15, 0.2) is 26.5 Å². The summed E-state index contributed by atoms with van der Waals surface area (Å²) in [5.74, 6) is -0.397. The lowest BCUT2D eigenvalue weighted by Gasteiger charge is -1.92. The summed E-state index contributed by atoms with van der Waals surface area (Å²) in [6, 6.07) is 3.75. The predicted molar refractivity (Wildman–Crippen MR) is 71.4 cm³/mol. The molecule has 3 aromatic rings. The molecule has 3 aromatic heterocycles. The van der Waals surface area contributed by atoms with Crippen LogP contribution in [-0.4, -0.2) is 36.3 Å². The Kier molecular flexibility index (Phi) is 3.32. The second-order valence-electron chi connectivity index (χ2n) is 3.71. The Morgan fingerprint density at radius 2 is 2.25 bits per heavy atom. The Balaban J connectivity index is 1.78. The molecule has 1 N–H and O–H groups in total. The Labute approximate surface area is 124 Å². The van der Waals surface area contributed by atoms with E-state index in [1.165, 1.54) is 22.2 Å². The second kappa shape index (κ2) is 5.13. The third-order valence-electron chi connectivity index (χ3n) is 2.31. The molecule has 0 atom stereocenters. The Bertz CT molecular complexity index is 764. The van der Waals surface area contributed by atoms with Gasteiger partial charge in [0, 0.05) is 0 Å². The summed E-state index contributed by atoms with van der Waals surface area (Å²) in [5, 5.41) is 23.7. The Hall–Kier alpha value is -2.07. The van der Waals surface area contributed by atoms with Crippen molar-refractivity contribution in [2.45, 2.75) is 6.54 Å². The minimum Gasteiger partial charge on any atom is -0.476 e. The highest BCUT2D eigenvalue weighted by molar-refractivity contribution is 9.11.